The average Bonchev–Trinajstić information content (AvgIpc) is 2.88. The second kappa shape index (κ2) is 8.69. The zero-order valence-corrected chi connectivity index (χ0v) is 18.7. The minimum absolute atomic E-state index is 0.0543. The van der Waals surface area contributed by atoms with E-state index in [1.807, 2.05) is 55.5 Å². The van der Waals surface area contributed by atoms with E-state index in [2.05, 4.69) is 31.9 Å². The fourth-order valence-corrected chi connectivity index (χ4v) is 4.44. The van der Waals surface area contributed by atoms with Crippen LogP contribution in [0.5, 0.6) is 5.75 Å². The molecule has 0 radical (unpaired) electrons. The number of benzene rings is 2. The Balaban J connectivity index is 1.84. The highest BCUT2D eigenvalue weighted by atomic mass is 79.9. The minimum Gasteiger partial charge on any atom is -0.488 e. The molecule has 1 aliphatic heterocycles. The van der Waals surface area contributed by atoms with Crippen LogP contribution in [0.4, 0.5) is 0 Å². The molecule has 1 fully saturated rings. The summed E-state index contributed by atoms with van der Waals surface area (Å²) >= 11 is 13.5. The first-order chi connectivity index (χ1) is 12.5. The number of nitrogens with zero attached hydrogens (tertiary/aromatic N) is 1. The zero-order chi connectivity index (χ0) is 18.7. The molecule has 1 amide bonds. The molecule has 0 bridgehead atoms. The monoisotopic (exact) mass is 511 g/mol. The number of amides is 1. The number of hydrogen-bond acceptors (Lipinski definition) is 4. The lowest BCUT2D eigenvalue weighted by molar-refractivity contribution is -0.121. The number of rotatable bonds is 5. The molecule has 26 heavy (non-hydrogen) atoms. The van der Waals surface area contributed by atoms with Crippen LogP contribution in [0.25, 0.3) is 6.08 Å². The molecular formula is C19H15Br2NO2S2. The number of hydrogen-bond donors (Lipinski definition) is 0. The van der Waals surface area contributed by atoms with E-state index < -0.39 is 0 Å². The topological polar surface area (TPSA) is 29.5 Å². The summed E-state index contributed by atoms with van der Waals surface area (Å²) in [5.74, 6) is 0.666. The second-order valence-corrected chi connectivity index (χ2v) is 9.03. The summed E-state index contributed by atoms with van der Waals surface area (Å²) in [5, 5.41) is 0. The Hall–Kier alpha value is -1.15. The van der Waals surface area contributed by atoms with E-state index in [1.54, 1.807) is 4.90 Å². The Bertz CT molecular complexity index is 882. The maximum Gasteiger partial charge on any atom is 0.266 e. The summed E-state index contributed by atoms with van der Waals surface area (Å²) in [5.41, 5.74) is 1.91. The second-order valence-electron chi connectivity index (χ2n) is 5.52. The summed E-state index contributed by atoms with van der Waals surface area (Å²) in [6.07, 6.45) is 1.84. The van der Waals surface area contributed by atoms with Gasteiger partial charge in [-0.15, -0.1) is 0 Å². The molecule has 0 saturated carbocycles. The summed E-state index contributed by atoms with van der Waals surface area (Å²) in [7, 11) is 0. The highest BCUT2D eigenvalue weighted by Gasteiger charge is 2.30. The van der Waals surface area contributed by atoms with Gasteiger partial charge >= 0.3 is 0 Å². The minimum atomic E-state index is -0.0543. The van der Waals surface area contributed by atoms with Crippen LogP contribution < -0.4 is 4.74 Å². The van der Waals surface area contributed by atoms with Crippen molar-refractivity contribution in [2.45, 2.75) is 13.5 Å². The van der Waals surface area contributed by atoms with E-state index in [1.165, 1.54) is 11.8 Å². The summed E-state index contributed by atoms with van der Waals surface area (Å²) in [6.45, 7) is 2.94. The van der Waals surface area contributed by atoms with Crippen molar-refractivity contribution in [3.8, 4) is 5.75 Å². The Morgan fingerprint density at radius 2 is 1.85 bits per heavy atom. The van der Waals surface area contributed by atoms with E-state index in [-0.39, 0.29) is 5.91 Å². The highest BCUT2D eigenvalue weighted by molar-refractivity contribution is 9.10. The Morgan fingerprint density at radius 3 is 2.50 bits per heavy atom. The van der Waals surface area contributed by atoms with Gasteiger partial charge in [0.1, 0.15) is 16.7 Å². The van der Waals surface area contributed by atoms with Crippen molar-refractivity contribution < 1.29 is 9.53 Å². The molecule has 1 heterocycles. The smallest absolute Gasteiger partial charge is 0.266 e. The van der Waals surface area contributed by atoms with Gasteiger partial charge in [0, 0.05) is 21.1 Å². The van der Waals surface area contributed by atoms with Gasteiger partial charge in [-0.25, -0.2) is 0 Å². The molecule has 0 spiro atoms. The van der Waals surface area contributed by atoms with E-state index in [9.17, 15) is 4.79 Å². The van der Waals surface area contributed by atoms with Crippen LogP contribution in [0, 0.1) is 0 Å². The fourth-order valence-electron chi connectivity index (χ4n) is 2.42. The number of carbonyl (C=O) groups excluding carboxylic acids is 1. The molecule has 3 rings (SSSR count). The van der Waals surface area contributed by atoms with Crippen LogP contribution in [-0.4, -0.2) is 21.7 Å². The molecule has 0 atom stereocenters. The lowest BCUT2D eigenvalue weighted by Crippen LogP contribution is -2.27. The van der Waals surface area contributed by atoms with Gasteiger partial charge < -0.3 is 4.74 Å². The molecule has 0 N–H and O–H groups in total. The van der Waals surface area contributed by atoms with E-state index in [0.29, 0.717) is 22.4 Å². The molecule has 2 aromatic rings. The number of ether oxygens (including phenoxy) is 1. The fraction of sp³-hybridized carbons (Fsp3) is 0.158. The number of thioether (sulfide) groups is 1. The predicted molar refractivity (Wildman–Crippen MR) is 118 cm³/mol. The van der Waals surface area contributed by atoms with E-state index in [4.69, 9.17) is 17.0 Å². The van der Waals surface area contributed by atoms with Crippen LogP contribution in [-0.2, 0) is 11.4 Å². The van der Waals surface area contributed by atoms with Gasteiger partial charge in [-0.3, -0.25) is 9.69 Å². The third-order valence-corrected chi connectivity index (χ3v) is 6.16. The molecule has 3 nitrogen and oxygen atoms in total. The summed E-state index contributed by atoms with van der Waals surface area (Å²) in [6, 6.07) is 13.7. The normalized spacial score (nSPS) is 15.8. The maximum atomic E-state index is 12.5. The van der Waals surface area contributed by atoms with Crippen LogP contribution in [0.15, 0.2) is 56.3 Å². The average molecular weight is 513 g/mol. The first-order valence-corrected chi connectivity index (χ1v) is 10.7. The molecule has 2 aromatic carbocycles. The van der Waals surface area contributed by atoms with Crippen molar-refractivity contribution >= 4 is 72.1 Å². The van der Waals surface area contributed by atoms with Gasteiger partial charge in [-0.2, -0.15) is 0 Å². The van der Waals surface area contributed by atoms with Crippen molar-refractivity contribution in [1.82, 2.24) is 4.90 Å². The van der Waals surface area contributed by atoms with Gasteiger partial charge in [0.05, 0.1) is 4.91 Å². The van der Waals surface area contributed by atoms with Crippen molar-refractivity contribution in [2.75, 3.05) is 6.54 Å². The van der Waals surface area contributed by atoms with Gasteiger partial charge in [-0.1, -0.05) is 68.0 Å². The van der Waals surface area contributed by atoms with Gasteiger partial charge in [-0.05, 0) is 48.9 Å². The zero-order valence-electron chi connectivity index (χ0n) is 13.9. The Labute approximate surface area is 179 Å². The first-order valence-electron chi connectivity index (χ1n) is 7.90. The lowest BCUT2D eigenvalue weighted by atomic mass is 10.1. The third kappa shape index (κ3) is 4.57. The maximum absolute atomic E-state index is 12.5. The first kappa shape index (κ1) is 19.6. The van der Waals surface area contributed by atoms with Gasteiger partial charge in [0.2, 0.25) is 0 Å². The van der Waals surface area contributed by atoms with E-state index >= 15 is 0 Å². The van der Waals surface area contributed by atoms with Crippen LogP contribution in [0.1, 0.15) is 18.1 Å². The van der Waals surface area contributed by atoms with Gasteiger partial charge in [0.15, 0.2) is 0 Å². The van der Waals surface area contributed by atoms with Gasteiger partial charge in [0.25, 0.3) is 5.91 Å². The quantitative estimate of drug-likeness (QED) is 0.362. The van der Waals surface area contributed by atoms with Crippen molar-refractivity contribution in [1.29, 1.82) is 0 Å². The standard InChI is InChI=1S/C19H15Br2NO2S2/c1-2-22-18(23)17(26-19(22)25)10-13-9-15(21)7-8-16(13)24-11-12-3-5-14(20)6-4-12/h3-10H,2,11H2,1H3/b17-10-. The largest absolute Gasteiger partial charge is 0.488 e. The number of likely N-dealkylation sites (N-methyl/N-ethyl adjacent to an activating group) is 1. The number of carbonyl (C=O) groups is 1. The van der Waals surface area contributed by atoms with Crippen molar-refractivity contribution in [2.24, 2.45) is 0 Å². The predicted octanol–water partition coefficient (Wildman–Crippen LogP) is 6.01. The molecule has 134 valence electrons. The number of thiocarbonyl (C=S) groups is 1. The molecule has 0 aliphatic carbocycles. The lowest BCUT2D eigenvalue weighted by Gasteiger charge is -2.11. The Morgan fingerprint density at radius 1 is 1.15 bits per heavy atom. The molecule has 0 aromatic heterocycles. The molecular weight excluding hydrogens is 498 g/mol. The van der Waals surface area contributed by atoms with Crippen LogP contribution in [0.2, 0.25) is 0 Å². The van der Waals surface area contributed by atoms with Crippen molar-refractivity contribution in [3.63, 3.8) is 0 Å². The van der Waals surface area contributed by atoms with E-state index in [0.717, 1.165) is 25.8 Å². The highest BCUT2D eigenvalue weighted by Crippen LogP contribution is 2.35. The number of halogens is 2. The summed E-state index contributed by atoms with van der Waals surface area (Å²) < 4.78 is 8.54. The Kier molecular flexibility index (Phi) is 6.55. The summed E-state index contributed by atoms with van der Waals surface area (Å²) in [4.78, 5) is 14.7. The van der Waals surface area contributed by atoms with Crippen LogP contribution >= 0.6 is 55.8 Å². The molecule has 1 saturated heterocycles. The van der Waals surface area contributed by atoms with Crippen molar-refractivity contribution in [3.05, 3.63) is 67.4 Å². The molecule has 0 unspecified atom stereocenters. The van der Waals surface area contributed by atoms with Crippen LogP contribution in [0.3, 0.4) is 0 Å². The molecule has 1 aliphatic rings. The third-order valence-electron chi connectivity index (χ3n) is 3.76. The molecule has 7 heteroatoms. The SMILES string of the molecule is CCN1C(=O)/C(=C/c2cc(Br)ccc2OCc2ccc(Br)cc2)SC1=S.